The largest absolute Gasteiger partial charge is 0.372 e. The van der Waals surface area contributed by atoms with E-state index in [9.17, 15) is 8.42 Å². The van der Waals surface area contributed by atoms with Gasteiger partial charge in [-0.2, -0.15) is 0 Å². The molecule has 0 aromatic rings. The minimum Gasteiger partial charge on any atom is -0.372 e. The molecule has 2 saturated heterocycles. The van der Waals surface area contributed by atoms with E-state index in [1.54, 1.807) is 0 Å². The van der Waals surface area contributed by atoms with Crippen LogP contribution in [0.2, 0.25) is 0 Å². The second-order valence-corrected chi connectivity index (χ2v) is 8.75. The Morgan fingerprint density at radius 2 is 1.67 bits per heavy atom. The number of hydrogen-bond acceptors (Lipinski definition) is 4. The normalized spacial score (nSPS) is 31.6. The Hall–Kier alpha value is -0.170. The van der Waals surface area contributed by atoms with Crippen LogP contribution in [0.1, 0.15) is 44.9 Å². The molecule has 2 unspecified atom stereocenters. The summed E-state index contributed by atoms with van der Waals surface area (Å²) in [5, 5.41) is 0. The van der Waals surface area contributed by atoms with Gasteiger partial charge in [-0.3, -0.25) is 4.90 Å². The van der Waals surface area contributed by atoms with Crippen molar-refractivity contribution < 1.29 is 13.2 Å². The summed E-state index contributed by atoms with van der Waals surface area (Å²) in [6.45, 7) is 3.26. The molecule has 2 heterocycles. The summed E-state index contributed by atoms with van der Waals surface area (Å²) in [7, 11) is -3.10. The lowest BCUT2D eigenvalue weighted by atomic mass is 9.91. The minimum atomic E-state index is -3.10. The van der Waals surface area contributed by atoms with Crippen LogP contribution < -0.4 is 4.72 Å². The number of fused-ring (bicyclic) bond motifs is 2. The van der Waals surface area contributed by atoms with Crippen LogP contribution in [0.4, 0.5) is 0 Å². The number of nitrogens with one attached hydrogen (secondary N) is 1. The smallest absolute Gasteiger partial charge is 0.211 e. The molecule has 3 aliphatic rings. The first-order valence-electron chi connectivity index (χ1n) is 8.46. The maximum Gasteiger partial charge on any atom is 0.211 e. The van der Waals surface area contributed by atoms with Crippen LogP contribution in [-0.4, -0.2) is 57.5 Å². The molecule has 122 valence electrons. The second-order valence-electron chi connectivity index (χ2n) is 6.90. The van der Waals surface area contributed by atoms with Crippen LogP contribution in [0.3, 0.4) is 0 Å². The number of rotatable bonds is 6. The molecule has 5 nitrogen and oxygen atoms in total. The predicted molar refractivity (Wildman–Crippen MR) is 82.7 cm³/mol. The lowest BCUT2D eigenvalue weighted by Gasteiger charge is -2.32. The van der Waals surface area contributed by atoms with Gasteiger partial charge in [0.1, 0.15) is 0 Å². The van der Waals surface area contributed by atoms with Crippen LogP contribution in [0.5, 0.6) is 0 Å². The predicted octanol–water partition coefficient (Wildman–Crippen LogP) is 1.35. The van der Waals surface area contributed by atoms with Gasteiger partial charge >= 0.3 is 0 Å². The van der Waals surface area contributed by atoms with Crippen molar-refractivity contribution in [3.63, 3.8) is 0 Å². The molecule has 0 spiro atoms. The molecule has 1 aliphatic carbocycles. The van der Waals surface area contributed by atoms with Crippen molar-refractivity contribution in [2.45, 2.75) is 57.2 Å². The summed E-state index contributed by atoms with van der Waals surface area (Å²) in [4.78, 5) is 2.34. The summed E-state index contributed by atoms with van der Waals surface area (Å²) in [5.41, 5.74) is 0. The third kappa shape index (κ3) is 4.65. The number of morpholine rings is 1. The van der Waals surface area contributed by atoms with Crippen LogP contribution >= 0.6 is 0 Å². The molecule has 3 fully saturated rings. The molecule has 0 aromatic carbocycles. The molecule has 2 bridgehead atoms. The summed E-state index contributed by atoms with van der Waals surface area (Å²) < 4.78 is 32.8. The standard InChI is InChI=1S/C15H28N2O3S/c18-21(19,12-13-4-2-1-3-5-13)16-8-9-17-10-14-6-7-15(11-17)20-14/h13-16H,1-12H2. The van der Waals surface area contributed by atoms with E-state index in [0.29, 0.717) is 30.4 Å². The van der Waals surface area contributed by atoms with E-state index in [4.69, 9.17) is 4.74 Å². The molecule has 1 saturated carbocycles. The van der Waals surface area contributed by atoms with E-state index in [0.717, 1.165) is 45.3 Å². The number of likely N-dealkylation sites (tertiary alicyclic amines) is 1. The van der Waals surface area contributed by atoms with E-state index in [2.05, 4.69) is 9.62 Å². The first-order valence-corrected chi connectivity index (χ1v) is 10.1. The highest BCUT2D eigenvalue weighted by molar-refractivity contribution is 7.89. The maximum atomic E-state index is 12.1. The fourth-order valence-corrected chi connectivity index (χ4v) is 5.44. The Kier molecular flexibility index (Phi) is 5.19. The van der Waals surface area contributed by atoms with E-state index >= 15 is 0 Å². The van der Waals surface area contributed by atoms with Crippen LogP contribution in [0.25, 0.3) is 0 Å². The minimum absolute atomic E-state index is 0.321. The maximum absolute atomic E-state index is 12.1. The first-order chi connectivity index (χ1) is 10.1. The van der Waals surface area contributed by atoms with Gasteiger partial charge in [-0.05, 0) is 31.6 Å². The molecule has 0 radical (unpaired) electrons. The Balaban J connectivity index is 1.37. The monoisotopic (exact) mass is 316 g/mol. The highest BCUT2D eigenvalue weighted by atomic mass is 32.2. The van der Waals surface area contributed by atoms with Crippen molar-refractivity contribution in [2.75, 3.05) is 31.9 Å². The third-order valence-electron chi connectivity index (χ3n) is 5.05. The van der Waals surface area contributed by atoms with E-state index < -0.39 is 10.0 Å². The quantitative estimate of drug-likeness (QED) is 0.803. The molecule has 3 rings (SSSR count). The molecule has 21 heavy (non-hydrogen) atoms. The molecule has 2 atom stereocenters. The topological polar surface area (TPSA) is 58.6 Å². The Bertz CT molecular complexity index is 422. The van der Waals surface area contributed by atoms with Gasteiger partial charge in [0.2, 0.25) is 10.0 Å². The Labute approximate surface area is 128 Å². The number of sulfonamides is 1. The van der Waals surface area contributed by atoms with Gasteiger partial charge < -0.3 is 4.74 Å². The average Bonchev–Trinajstić information content (AvgIpc) is 2.78. The zero-order chi connectivity index (χ0) is 14.7. The average molecular weight is 316 g/mol. The summed E-state index contributed by atoms with van der Waals surface area (Å²) >= 11 is 0. The van der Waals surface area contributed by atoms with Gasteiger partial charge in [0.05, 0.1) is 18.0 Å². The summed E-state index contributed by atoms with van der Waals surface area (Å²) in [6, 6.07) is 0. The van der Waals surface area contributed by atoms with Crippen molar-refractivity contribution >= 4 is 10.0 Å². The van der Waals surface area contributed by atoms with Crippen molar-refractivity contribution in [1.29, 1.82) is 0 Å². The molecule has 0 aromatic heterocycles. The SMILES string of the molecule is O=S(=O)(CC1CCCCC1)NCCN1CC2CCC(C1)O2. The summed E-state index contributed by atoms with van der Waals surface area (Å²) in [5.74, 6) is 0.692. The molecule has 1 N–H and O–H groups in total. The highest BCUT2D eigenvalue weighted by Gasteiger charge is 2.33. The Morgan fingerprint density at radius 3 is 2.33 bits per heavy atom. The molecular weight excluding hydrogens is 288 g/mol. The number of hydrogen-bond donors (Lipinski definition) is 1. The Morgan fingerprint density at radius 1 is 1.00 bits per heavy atom. The van der Waals surface area contributed by atoms with Gasteiger partial charge in [0.25, 0.3) is 0 Å². The highest BCUT2D eigenvalue weighted by Crippen LogP contribution is 2.26. The van der Waals surface area contributed by atoms with Gasteiger partial charge in [-0.25, -0.2) is 13.1 Å². The van der Waals surface area contributed by atoms with Gasteiger partial charge in [0.15, 0.2) is 0 Å². The van der Waals surface area contributed by atoms with Crippen LogP contribution in [0, 0.1) is 5.92 Å². The van der Waals surface area contributed by atoms with Crippen molar-refractivity contribution in [3.8, 4) is 0 Å². The molecule has 0 amide bonds. The van der Waals surface area contributed by atoms with E-state index in [1.807, 2.05) is 0 Å². The fourth-order valence-electron chi connectivity index (χ4n) is 3.96. The fraction of sp³-hybridized carbons (Fsp3) is 1.00. The zero-order valence-electron chi connectivity index (χ0n) is 12.8. The van der Waals surface area contributed by atoms with Gasteiger partial charge in [0, 0.05) is 26.2 Å². The number of nitrogens with zero attached hydrogens (tertiary/aromatic N) is 1. The van der Waals surface area contributed by atoms with Gasteiger partial charge in [-0.1, -0.05) is 19.3 Å². The number of ether oxygens (including phenoxy) is 1. The third-order valence-corrected chi connectivity index (χ3v) is 6.60. The van der Waals surface area contributed by atoms with E-state index in [-0.39, 0.29) is 0 Å². The second kappa shape index (κ2) is 6.94. The molecular formula is C15H28N2O3S. The molecule has 2 aliphatic heterocycles. The van der Waals surface area contributed by atoms with Crippen LogP contribution in [-0.2, 0) is 14.8 Å². The van der Waals surface area contributed by atoms with Crippen molar-refractivity contribution in [3.05, 3.63) is 0 Å². The van der Waals surface area contributed by atoms with Crippen molar-refractivity contribution in [1.82, 2.24) is 9.62 Å². The first kappa shape index (κ1) is 15.7. The lowest BCUT2D eigenvalue weighted by molar-refractivity contribution is -0.0373. The van der Waals surface area contributed by atoms with Crippen molar-refractivity contribution in [2.24, 2.45) is 5.92 Å². The zero-order valence-corrected chi connectivity index (χ0v) is 13.6. The van der Waals surface area contributed by atoms with Crippen LogP contribution in [0.15, 0.2) is 0 Å². The van der Waals surface area contributed by atoms with E-state index in [1.165, 1.54) is 19.3 Å². The van der Waals surface area contributed by atoms with Gasteiger partial charge in [-0.15, -0.1) is 0 Å². The molecule has 6 heteroatoms. The summed E-state index contributed by atoms with van der Waals surface area (Å²) in [6.07, 6.45) is 8.88. The lowest BCUT2D eigenvalue weighted by Crippen LogP contribution is -2.46.